The van der Waals surface area contributed by atoms with Crippen molar-refractivity contribution in [3.63, 3.8) is 0 Å². The first-order valence-corrected chi connectivity index (χ1v) is 11.7. The molecule has 2 aromatic carbocycles. The summed E-state index contributed by atoms with van der Waals surface area (Å²) in [6, 6.07) is 6.36. The highest BCUT2D eigenvalue weighted by atomic mass is 16.7. The fraction of sp³-hybridized carbons (Fsp3) is 0.444. The summed E-state index contributed by atoms with van der Waals surface area (Å²) in [6.07, 6.45) is 0.618. The van der Waals surface area contributed by atoms with Crippen molar-refractivity contribution in [2.45, 2.75) is 58.3 Å². The van der Waals surface area contributed by atoms with Crippen molar-refractivity contribution in [3.05, 3.63) is 57.6 Å². The molecule has 2 aliphatic carbocycles. The van der Waals surface area contributed by atoms with Gasteiger partial charge in [-0.2, -0.15) is 0 Å². The third-order valence-corrected chi connectivity index (χ3v) is 7.57. The van der Waals surface area contributed by atoms with Crippen molar-refractivity contribution in [1.29, 1.82) is 0 Å². The topological polar surface area (TPSA) is 122 Å². The van der Waals surface area contributed by atoms with Crippen LogP contribution in [0.25, 0.3) is 0 Å². The molecule has 0 spiro atoms. The highest BCUT2D eigenvalue weighted by Gasteiger charge is 2.56. The van der Waals surface area contributed by atoms with Crippen molar-refractivity contribution in [2.75, 3.05) is 13.2 Å². The van der Waals surface area contributed by atoms with Crippen LogP contribution in [0.4, 0.5) is 0 Å². The number of carbonyl (C=O) groups excluding carboxylic acids is 3. The predicted molar refractivity (Wildman–Crippen MR) is 126 cm³/mol. The second-order valence-electron chi connectivity index (χ2n) is 10.7. The van der Waals surface area contributed by atoms with Gasteiger partial charge in [0.2, 0.25) is 5.91 Å². The Morgan fingerprint density at radius 1 is 0.914 bits per heavy atom. The fourth-order valence-corrected chi connectivity index (χ4v) is 5.57. The maximum absolute atomic E-state index is 13.3. The van der Waals surface area contributed by atoms with Crippen LogP contribution >= 0.6 is 0 Å². The van der Waals surface area contributed by atoms with Crippen LogP contribution in [0.2, 0.25) is 0 Å². The Labute approximate surface area is 203 Å². The minimum absolute atomic E-state index is 0.0502. The summed E-state index contributed by atoms with van der Waals surface area (Å²) >= 11 is 0. The summed E-state index contributed by atoms with van der Waals surface area (Å²) in [4.78, 5) is 38.9. The van der Waals surface area contributed by atoms with E-state index in [4.69, 9.17) is 9.47 Å². The van der Waals surface area contributed by atoms with E-state index in [1.54, 1.807) is 19.1 Å². The van der Waals surface area contributed by atoms with Gasteiger partial charge in [-0.15, -0.1) is 0 Å². The van der Waals surface area contributed by atoms with E-state index in [9.17, 15) is 24.6 Å². The lowest BCUT2D eigenvalue weighted by molar-refractivity contribution is -0.323. The molecule has 0 aromatic heterocycles. The van der Waals surface area contributed by atoms with Gasteiger partial charge in [0.1, 0.15) is 11.5 Å². The molecule has 1 aliphatic heterocycles. The first-order valence-electron chi connectivity index (χ1n) is 11.7. The molecule has 1 fully saturated rings. The Hall–Kier alpha value is -3.23. The van der Waals surface area contributed by atoms with Gasteiger partial charge in [-0.3, -0.25) is 14.4 Å². The van der Waals surface area contributed by atoms with Gasteiger partial charge in [0.15, 0.2) is 17.4 Å². The molecule has 35 heavy (non-hydrogen) atoms. The number of hydrogen-bond acceptors (Lipinski definition) is 7. The normalized spacial score (nSPS) is 24.2. The van der Waals surface area contributed by atoms with E-state index in [1.807, 2.05) is 13.8 Å². The summed E-state index contributed by atoms with van der Waals surface area (Å²) in [7, 11) is 0. The van der Waals surface area contributed by atoms with Gasteiger partial charge in [-0.1, -0.05) is 38.1 Å². The van der Waals surface area contributed by atoms with Gasteiger partial charge in [0, 0.05) is 41.0 Å². The summed E-state index contributed by atoms with van der Waals surface area (Å²) < 4.78 is 12.4. The van der Waals surface area contributed by atoms with Crippen LogP contribution in [0, 0.1) is 5.41 Å². The summed E-state index contributed by atoms with van der Waals surface area (Å²) in [5.41, 5.74) is -0.583. The van der Waals surface area contributed by atoms with Crippen molar-refractivity contribution in [3.8, 4) is 11.5 Å². The number of amides is 1. The van der Waals surface area contributed by atoms with Gasteiger partial charge in [0.05, 0.1) is 29.9 Å². The molecule has 1 amide bonds. The minimum Gasteiger partial charge on any atom is -0.507 e. The summed E-state index contributed by atoms with van der Waals surface area (Å²) in [5, 5.41) is 25.6. The van der Waals surface area contributed by atoms with E-state index in [2.05, 4.69) is 5.32 Å². The van der Waals surface area contributed by atoms with Crippen LogP contribution in [0.5, 0.6) is 11.5 Å². The number of phenolic OH excluding ortho intramolecular Hbond substituents is 2. The van der Waals surface area contributed by atoms with Crippen LogP contribution < -0.4 is 5.32 Å². The number of rotatable bonds is 2. The van der Waals surface area contributed by atoms with Crippen LogP contribution in [0.3, 0.4) is 0 Å². The summed E-state index contributed by atoms with van der Waals surface area (Å²) in [5.74, 6) is -3.19. The van der Waals surface area contributed by atoms with E-state index < -0.39 is 22.9 Å². The number of nitrogens with one attached hydrogen (secondary N) is 1. The van der Waals surface area contributed by atoms with E-state index in [1.165, 1.54) is 19.1 Å². The lowest BCUT2D eigenvalue weighted by Gasteiger charge is -2.54. The average Bonchev–Trinajstić information content (AvgIpc) is 2.81. The molecule has 3 N–H and O–H groups in total. The van der Waals surface area contributed by atoms with Crippen molar-refractivity contribution in [2.24, 2.45) is 5.41 Å². The Morgan fingerprint density at radius 3 is 1.94 bits per heavy atom. The SMILES string of the molecule is CC(=O)NC1(C2(C)OCC(C)(C)CO2)CCc2c(O)c3c(c(O)c2C1)C(=O)c1ccccc1C3=O. The minimum atomic E-state index is -1.21. The second kappa shape index (κ2) is 7.63. The van der Waals surface area contributed by atoms with Crippen LogP contribution in [-0.4, -0.2) is 52.2 Å². The lowest BCUT2D eigenvalue weighted by Crippen LogP contribution is -2.69. The number of hydrogen-bond donors (Lipinski definition) is 3. The molecule has 8 nitrogen and oxygen atoms in total. The molecular formula is C27H29NO7. The molecule has 1 saturated heterocycles. The summed E-state index contributed by atoms with van der Waals surface area (Å²) in [6.45, 7) is 8.01. The largest absolute Gasteiger partial charge is 0.507 e. The number of fused-ring (bicyclic) bond motifs is 3. The molecular weight excluding hydrogens is 450 g/mol. The highest BCUT2D eigenvalue weighted by Crippen LogP contribution is 2.50. The number of benzene rings is 2. The average molecular weight is 480 g/mol. The van der Waals surface area contributed by atoms with E-state index >= 15 is 0 Å². The molecule has 1 unspecified atom stereocenters. The first-order chi connectivity index (χ1) is 16.4. The molecule has 1 atom stereocenters. The maximum atomic E-state index is 13.3. The molecule has 3 aliphatic rings. The zero-order valence-electron chi connectivity index (χ0n) is 20.3. The molecule has 5 rings (SSSR count). The number of ether oxygens (including phenoxy) is 2. The maximum Gasteiger partial charge on any atom is 0.217 e. The van der Waals surface area contributed by atoms with Crippen molar-refractivity contribution < 1.29 is 34.1 Å². The van der Waals surface area contributed by atoms with Gasteiger partial charge < -0.3 is 25.0 Å². The third-order valence-electron chi connectivity index (χ3n) is 7.57. The van der Waals surface area contributed by atoms with Gasteiger partial charge >= 0.3 is 0 Å². The van der Waals surface area contributed by atoms with Gasteiger partial charge in [0.25, 0.3) is 0 Å². The molecule has 0 bridgehead atoms. The zero-order valence-corrected chi connectivity index (χ0v) is 20.3. The quantitative estimate of drug-likeness (QED) is 0.483. The predicted octanol–water partition coefficient (Wildman–Crippen LogP) is 3.03. The van der Waals surface area contributed by atoms with Crippen molar-refractivity contribution in [1.82, 2.24) is 5.32 Å². The molecule has 8 heteroatoms. The van der Waals surface area contributed by atoms with E-state index in [-0.39, 0.29) is 57.9 Å². The Balaban J connectivity index is 1.65. The van der Waals surface area contributed by atoms with E-state index in [0.717, 1.165) is 0 Å². The highest BCUT2D eigenvalue weighted by molar-refractivity contribution is 6.30. The van der Waals surface area contributed by atoms with Crippen LogP contribution in [0.15, 0.2) is 24.3 Å². The lowest BCUT2D eigenvalue weighted by atomic mass is 9.69. The Morgan fingerprint density at radius 2 is 1.43 bits per heavy atom. The zero-order chi connectivity index (χ0) is 25.3. The number of phenols is 2. The second-order valence-corrected chi connectivity index (χ2v) is 10.7. The van der Waals surface area contributed by atoms with Gasteiger partial charge in [-0.25, -0.2) is 0 Å². The molecule has 184 valence electrons. The van der Waals surface area contributed by atoms with Gasteiger partial charge in [-0.05, 0) is 19.8 Å². The monoisotopic (exact) mass is 479 g/mol. The number of carbonyl (C=O) groups is 3. The molecule has 0 radical (unpaired) electrons. The first kappa shape index (κ1) is 23.5. The number of aromatic hydroxyl groups is 2. The molecule has 2 aromatic rings. The van der Waals surface area contributed by atoms with Crippen molar-refractivity contribution >= 4 is 17.5 Å². The Bertz CT molecular complexity index is 1280. The third kappa shape index (κ3) is 3.38. The molecule has 1 heterocycles. The smallest absolute Gasteiger partial charge is 0.217 e. The van der Waals surface area contributed by atoms with Crippen LogP contribution in [-0.2, 0) is 27.1 Å². The van der Waals surface area contributed by atoms with Crippen LogP contribution in [0.1, 0.15) is 77.1 Å². The van der Waals surface area contributed by atoms with E-state index in [0.29, 0.717) is 30.8 Å². The Kier molecular flexibility index (Phi) is 5.13. The fourth-order valence-electron chi connectivity index (χ4n) is 5.57. The number of ketones is 2. The molecule has 0 saturated carbocycles. The standard InChI is InChI=1S/C27H29NO7/c1-14(29)28-27(26(4)34-12-25(2,3)13-35-26)10-9-17-18(11-27)24(33)20-19(23(17)32)21(30)15-7-5-6-8-16(15)22(20)31/h5-8,32-33H,9-13H2,1-4H3,(H,28,29).